The van der Waals surface area contributed by atoms with Gasteiger partial charge < -0.3 is 4.74 Å². The summed E-state index contributed by atoms with van der Waals surface area (Å²) in [5.74, 6) is -0.146. The number of rotatable bonds is 3. The Labute approximate surface area is 132 Å². The van der Waals surface area contributed by atoms with Gasteiger partial charge in [0.05, 0.1) is 6.54 Å². The molecule has 120 valence electrons. The molecule has 22 heavy (non-hydrogen) atoms. The molecule has 1 aromatic rings. The van der Waals surface area contributed by atoms with Crippen molar-refractivity contribution < 1.29 is 14.3 Å². The largest absolute Gasteiger partial charge is 0.443 e. The number of nitrogens with zero attached hydrogens (tertiary/aromatic N) is 1. The Hall–Kier alpha value is -1.84. The van der Waals surface area contributed by atoms with Crippen LogP contribution in [-0.2, 0) is 16.1 Å². The Bertz CT molecular complexity index is 513. The average Bonchev–Trinajstić information content (AvgIpc) is 2.97. The van der Waals surface area contributed by atoms with E-state index in [1.165, 1.54) is 4.90 Å². The van der Waals surface area contributed by atoms with E-state index in [0.717, 1.165) is 31.2 Å². The lowest BCUT2D eigenvalue weighted by atomic mass is 10.1. The van der Waals surface area contributed by atoms with Crippen molar-refractivity contribution in [3.05, 3.63) is 35.9 Å². The summed E-state index contributed by atoms with van der Waals surface area (Å²) < 4.78 is 5.42. The van der Waals surface area contributed by atoms with E-state index in [1.807, 2.05) is 51.1 Å². The van der Waals surface area contributed by atoms with Gasteiger partial charge >= 0.3 is 6.09 Å². The van der Waals surface area contributed by atoms with Gasteiger partial charge in [0.2, 0.25) is 5.91 Å². The lowest BCUT2D eigenvalue weighted by Crippen LogP contribution is -2.42. The van der Waals surface area contributed by atoms with Crippen LogP contribution in [0.15, 0.2) is 30.3 Å². The number of hydrogen-bond donors (Lipinski definition) is 0. The summed E-state index contributed by atoms with van der Waals surface area (Å²) in [5.41, 5.74) is 0.321. The highest BCUT2D eigenvalue weighted by atomic mass is 16.6. The zero-order valence-electron chi connectivity index (χ0n) is 13.7. The standard InChI is InChI=1S/C18H25NO3/c1-18(2,3)22-17(21)19(13-14-9-5-4-6-10-14)16(20)15-11-7-8-12-15/h4-6,9-10,15H,7-8,11-13H2,1-3H3. The normalized spacial score (nSPS) is 15.6. The van der Waals surface area contributed by atoms with Gasteiger partial charge in [-0.3, -0.25) is 4.79 Å². The van der Waals surface area contributed by atoms with Gasteiger partial charge in [-0.15, -0.1) is 0 Å². The highest BCUT2D eigenvalue weighted by Gasteiger charge is 2.33. The number of carbonyl (C=O) groups excluding carboxylic acids is 2. The molecule has 2 amide bonds. The molecule has 0 atom stereocenters. The highest BCUT2D eigenvalue weighted by Crippen LogP contribution is 2.28. The zero-order valence-corrected chi connectivity index (χ0v) is 13.7. The molecule has 0 spiro atoms. The Kier molecular flexibility index (Phi) is 5.22. The van der Waals surface area contributed by atoms with Crippen molar-refractivity contribution in [3.8, 4) is 0 Å². The van der Waals surface area contributed by atoms with Crippen LogP contribution in [0.4, 0.5) is 4.79 Å². The van der Waals surface area contributed by atoms with E-state index in [-0.39, 0.29) is 18.4 Å². The van der Waals surface area contributed by atoms with Gasteiger partial charge in [0.25, 0.3) is 0 Å². The van der Waals surface area contributed by atoms with Crippen LogP contribution in [0.1, 0.15) is 52.0 Å². The van der Waals surface area contributed by atoms with E-state index in [0.29, 0.717) is 0 Å². The molecule has 1 aromatic carbocycles. The van der Waals surface area contributed by atoms with Gasteiger partial charge in [-0.1, -0.05) is 43.2 Å². The Morgan fingerprint density at radius 1 is 1.14 bits per heavy atom. The third-order valence-corrected chi connectivity index (χ3v) is 3.77. The first kappa shape index (κ1) is 16.5. The predicted octanol–water partition coefficient (Wildman–Crippen LogP) is 4.14. The predicted molar refractivity (Wildman–Crippen MR) is 85.2 cm³/mol. The van der Waals surface area contributed by atoms with Crippen LogP contribution >= 0.6 is 0 Å². The maximum Gasteiger partial charge on any atom is 0.417 e. The molecule has 4 heteroatoms. The van der Waals surface area contributed by atoms with Crippen molar-refractivity contribution in [1.29, 1.82) is 0 Å². The first-order valence-electron chi connectivity index (χ1n) is 7.95. The Morgan fingerprint density at radius 3 is 2.27 bits per heavy atom. The van der Waals surface area contributed by atoms with Gasteiger partial charge in [0.1, 0.15) is 5.60 Å². The summed E-state index contributed by atoms with van der Waals surface area (Å²) in [7, 11) is 0. The molecule has 0 aromatic heterocycles. The summed E-state index contributed by atoms with van der Waals surface area (Å²) in [4.78, 5) is 26.4. The quantitative estimate of drug-likeness (QED) is 0.843. The molecule has 0 aliphatic heterocycles. The first-order valence-corrected chi connectivity index (χ1v) is 7.95. The van der Waals surface area contributed by atoms with Crippen molar-refractivity contribution >= 4 is 12.0 Å². The smallest absolute Gasteiger partial charge is 0.417 e. The minimum atomic E-state index is -0.609. The zero-order chi connectivity index (χ0) is 16.2. The number of carbonyl (C=O) groups is 2. The van der Waals surface area contributed by atoms with E-state index in [2.05, 4.69) is 0 Å². The molecule has 0 heterocycles. The van der Waals surface area contributed by atoms with E-state index in [4.69, 9.17) is 4.74 Å². The van der Waals surface area contributed by atoms with Crippen LogP contribution in [0.25, 0.3) is 0 Å². The second-order valence-corrected chi connectivity index (χ2v) is 6.87. The molecule has 0 N–H and O–H groups in total. The van der Waals surface area contributed by atoms with Gasteiger partial charge in [0, 0.05) is 5.92 Å². The maximum atomic E-state index is 12.7. The van der Waals surface area contributed by atoms with Gasteiger partial charge in [-0.05, 0) is 39.2 Å². The van der Waals surface area contributed by atoms with Gasteiger partial charge in [-0.25, -0.2) is 9.69 Å². The van der Waals surface area contributed by atoms with E-state index in [9.17, 15) is 9.59 Å². The van der Waals surface area contributed by atoms with Crippen molar-refractivity contribution in [2.45, 2.75) is 58.6 Å². The molecular weight excluding hydrogens is 278 g/mol. The molecule has 4 nitrogen and oxygen atoms in total. The monoisotopic (exact) mass is 303 g/mol. The molecule has 0 unspecified atom stereocenters. The maximum absolute atomic E-state index is 12.7. The number of benzene rings is 1. The van der Waals surface area contributed by atoms with Gasteiger partial charge in [0.15, 0.2) is 0 Å². The average molecular weight is 303 g/mol. The topological polar surface area (TPSA) is 46.6 Å². The molecule has 1 aliphatic carbocycles. The SMILES string of the molecule is CC(C)(C)OC(=O)N(Cc1ccccc1)C(=O)C1CCCC1. The third-order valence-electron chi connectivity index (χ3n) is 3.77. The van der Waals surface area contributed by atoms with Crippen molar-refractivity contribution in [2.75, 3.05) is 0 Å². The molecule has 0 radical (unpaired) electrons. The van der Waals surface area contributed by atoms with Crippen molar-refractivity contribution in [1.82, 2.24) is 4.90 Å². The van der Waals surface area contributed by atoms with Crippen molar-refractivity contribution in [3.63, 3.8) is 0 Å². The van der Waals surface area contributed by atoms with E-state index >= 15 is 0 Å². The second-order valence-electron chi connectivity index (χ2n) is 6.87. The summed E-state index contributed by atoms with van der Waals surface area (Å²) in [6, 6.07) is 9.56. The van der Waals surface area contributed by atoms with Crippen molar-refractivity contribution in [2.24, 2.45) is 5.92 Å². The van der Waals surface area contributed by atoms with Crippen LogP contribution in [0, 0.1) is 5.92 Å². The number of hydrogen-bond acceptors (Lipinski definition) is 3. The molecule has 0 saturated heterocycles. The van der Waals surface area contributed by atoms with E-state index in [1.54, 1.807) is 0 Å². The minimum Gasteiger partial charge on any atom is -0.443 e. The molecule has 0 bridgehead atoms. The first-order chi connectivity index (χ1) is 10.4. The number of amides is 2. The highest BCUT2D eigenvalue weighted by molar-refractivity contribution is 5.93. The van der Waals surface area contributed by atoms with Crippen LogP contribution < -0.4 is 0 Å². The third kappa shape index (κ3) is 4.58. The number of ether oxygens (including phenoxy) is 1. The second kappa shape index (κ2) is 6.95. The fourth-order valence-corrected chi connectivity index (χ4v) is 2.71. The summed E-state index contributed by atoms with van der Waals surface area (Å²) in [5, 5.41) is 0. The van der Waals surface area contributed by atoms with Crippen LogP contribution in [0.3, 0.4) is 0 Å². The van der Waals surface area contributed by atoms with Crippen LogP contribution in [0.2, 0.25) is 0 Å². The molecule has 1 aliphatic rings. The molecule has 2 rings (SSSR count). The summed E-state index contributed by atoms with van der Waals surface area (Å²) in [6.45, 7) is 5.70. The van der Waals surface area contributed by atoms with Crippen LogP contribution in [-0.4, -0.2) is 22.5 Å². The molecule has 1 saturated carbocycles. The van der Waals surface area contributed by atoms with Crippen LogP contribution in [0.5, 0.6) is 0 Å². The lowest BCUT2D eigenvalue weighted by molar-refractivity contribution is -0.135. The summed E-state index contributed by atoms with van der Waals surface area (Å²) >= 11 is 0. The number of imide groups is 1. The fourth-order valence-electron chi connectivity index (χ4n) is 2.71. The lowest BCUT2D eigenvalue weighted by Gasteiger charge is -2.28. The van der Waals surface area contributed by atoms with Gasteiger partial charge in [-0.2, -0.15) is 0 Å². The summed E-state index contributed by atoms with van der Waals surface area (Å²) in [6.07, 6.45) is 3.31. The minimum absolute atomic E-state index is 0.0452. The molecule has 1 fully saturated rings. The fraction of sp³-hybridized carbons (Fsp3) is 0.556. The molecular formula is C18H25NO3. The Morgan fingerprint density at radius 2 is 1.73 bits per heavy atom. The van der Waals surface area contributed by atoms with E-state index < -0.39 is 11.7 Å². The Balaban J connectivity index is 2.15.